The second-order valence-electron chi connectivity index (χ2n) is 6.75. The molecular weight excluding hydrogens is 374 g/mol. The van der Waals surface area contributed by atoms with Gasteiger partial charge < -0.3 is 14.4 Å². The van der Waals surface area contributed by atoms with Crippen molar-refractivity contribution >= 4 is 28.9 Å². The first-order chi connectivity index (χ1) is 13.7. The second-order valence-corrected chi connectivity index (χ2v) is 7.80. The minimum absolute atomic E-state index is 0.201. The fraction of sp³-hybridized carbons (Fsp3) is 0.182. The fourth-order valence-corrected chi connectivity index (χ4v) is 4.76. The highest BCUT2D eigenvalue weighted by molar-refractivity contribution is 7.17. The largest absolute Gasteiger partial charge is 0.488 e. The monoisotopic (exact) mass is 391 g/mol. The van der Waals surface area contributed by atoms with Crippen LogP contribution in [0.25, 0.3) is 10.4 Å². The number of fused-ring (bicyclic) bond motifs is 4. The number of hydrogen-bond donors (Lipinski definition) is 0. The maximum absolute atomic E-state index is 12.5. The van der Waals surface area contributed by atoms with E-state index in [4.69, 9.17) is 9.47 Å². The van der Waals surface area contributed by atoms with Crippen molar-refractivity contribution in [3.63, 3.8) is 0 Å². The summed E-state index contributed by atoms with van der Waals surface area (Å²) in [5.74, 6) is 0.144. The number of thiophene rings is 1. The molecule has 0 N–H and O–H groups in total. The number of benzene rings is 2. The number of rotatable bonds is 3. The summed E-state index contributed by atoms with van der Waals surface area (Å²) in [4.78, 5) is 28.2. The van der Waals surface area contributed by atoms with E-state index < -0.39 is 5.97 Å². The van der Waals surface area contributed by atoms with E-state index in [-0.39, 0.29) is 12.5 Å². The van der Waals surface area contributed by atoms with Crippen molar-refractivity contribution in [3.05, 3.63) is 70.6 Å². The molecule has 0 fully saturated rings. The first-order valence-corrected chi connectivity index (χ1v) is 9.92. The Bertz CT molecular complexity index is 1090. The van der Waals surface area contributed by atoms with Crippen molar-refractivity contribution < 1.29 is 19.1 Å². The number of carbonyl (C=O) groups excluding carboxylic acids is 2. The predicted molar refractivity (Wildman–Crippen MR) is 107 cm³/mol. The zero-order valence-corrected chi connectivity index (χ0v) is 15.8. The Morgan fingerprint density at radius 1 is 1.07 bits per heavy atom. The summed E-state index contributed by atoms with van der Waals surface area (Å²) in [6.45, 7) is 0.791. The van der Waals surface area contributed by atoms with E-state index in [0.29, 0.717) is 18.0 Å². The lowest BCUT2D eigenvalue weighted by Gasteiger charge is -2.16. The van der Waals surface area contributed by atoms with Gasteiger partial charge in [0, 0.05) is 28.2 Å². The minimum atomic E-state index is -0.474. The third kappa shape index (κ3) is 2.86. The molecule has 28 heavy (non-hydrogen) atoms. The van der Waals surface area contributed by atoms with Crippen LogP contribution < -0.4 is 9.64 Å². The van der Waals surface area contributed by atoms with Gasteiger partial charge in [-0.2, -0.15) is 0 Å². The van der Waals surface area contributed by atoms with Gasteiger partial charge in [-0.15, -0.1) is 11.3 Å². The standard InChI is InChI=1S/C22H17NO4S/c24-20(23-10-9-14-5-1-3-7-17(14)23)13-27-22(25)19-11-15-12-26-18-8-4-2-6-16(18)21(15)28-19/h1-8,11H,9-10,12-13H2. The SMILES string of the molecule is O=C(OCC(=O)N1CCc2ccccc21)c1cc2c(s1)-c1ccccc1OC2. The molecule has 0 saturated carbocycles. The van der Waals surface area contributed by atoms with Gasteiger partial charge in [0.1, 0.15) is 17.2 Å². The number of hydrogen-bond acceptors (Lipinski definition) is 5. The number of esters is 1. The maximum atomic E-state index is 12.5. The van der Waals surface area contributed by atoms with E-state index in [1.54, 1.807) is 11.0 Å². The molecule has 1 amide bonds. The van der Waals surface area contributed by atoms with E-state index in [2.05, 4.69) is 0 Å². The van der Waals surface area contributed by atoms with Crippen molar-refractivity contribution in [1.29, 1.82) is 0 Å². The average molecular weight is 391 g/mol. The summed E-state index contributed by atoms with van der Waals surface area (Å²) in [6.07, 6.45) is 0.826. The number of para-hydroxylation sites is 2. The smallest absolute Gasteiger partial charge is 0.348 e. The van der Waals surface area contributed by atoms with E-state index in [9.17, 15) is 9.59 Å². The Balaban J connectivity index is 1.29. The van der Waals surface area contributed by atoms with E-state index in [0.717, 1.165) is 39.4 Å². The van der Waals surface area contributed by atoms with Gasteiger partial charge in [-0.3, -0.25) is 4.79 Å². The summed E-state index contributed by atoms with van der Waals surface area (Å²) >= 11 is 1.38. The van der Waals surface area contributed by atoms with Crippen LogP contribution in [0.1, 0.15) is 20.8 Å². The quantitative estimate of drug-likeness (QED) is 0.632. The van der Waals surface area contributed by atoms with Crippen molar-refractivity contribution in [2.75, 3.05) is 18.1 Å². The molecule has 2 aliphatic heterocycles. The molecule has 6 heteroatoms. The molecule has 0 spiro atoms. The Morgan fingerprint density at radius 2 is 1.89 bits per heavy atom. The van der Waals surface area contributed by atoms with Crippen LogP contribution in [0.15, 0.2) is 54.6 Å². The van der Waals surface area contributed by atoms with Crippen LogP contribution in [0.4, 0.5) is 5.69 Å². The minimum Gasteiger partial charge on any atom is -0.488 e. The number of carbonyl (C=O) groups is 2. The third-order valence-electron chi connectivity index (χ3n) is 5.04. The Hall–Kier alpha value is -3.12. The van der Waals surface area contributed by atoms with E-state index >= 15 is 0 Å². The second kappa shape index (κ2) is 6.80. The predicted octanol–water partition coefficient (Wildman–Crippen LogP) is 4.05. The molecule has 5 nitrogen and oxygen atoms in total. The molecule has 2 aliphatic rings. The summed E-state index contributed by atoms with van der Waals surface area (Å²) in [7, 11) is 0. The van der Waals surface area contributed by atoms with Gasteiger partial charge in [0.15, 0.2) is 6.61 Å². The zero-order valence-electron chi connectivity index (χ0n) is 15.0. The third-order valence-corrected chi connectivity index (χ3v) is 6.23. The Morgan fingerprint density at radius 3 is 2.82 bits per heavy atom. The molecule has 0 unspecified atom stereocenters. The highest BCUT2D eigenvalue weighted by Crippen LogP contribution is 2.42. The number of amides is 1. The lowest BCUT2D eigenvalue weighted by atomic mass is 10.1. The number of anilines is 1. The van der Waals surface area contributed by atoms with Crippen molar-refractivity contribution in [2.45, 2.75) is 13.0 Å². The highest BCUT2D eigenvalue weighted by atomic mass is 32.1. The van der Waals surface area contributed by atoms with Gasteiger partial charge in [0.25, 0.3) is 5.91 Å². The van der Waals surface area contributed by atoms with Crippen LogP contribution in [0.3, 0.4) is 0 Å². The van der Waals surface area contributed by atoms with Crippen LogP contribution in [-0.4, -0.2) is 25.0 Å². The summed E-state index contributed by atoms with van der Waals surface area (Å²) in [6, 6.07) is 17.4. The average Bonchev–Trinajstić information content (AvgIpc) is 3.36. The molecule has 5 rings (SSSR count). The zero-order chi connectivity index (χ0) is 19.1. The molecule has 2 aromatic carbocycles. The van der Waals surface area contributed by atoms with Crippen LogP contribution in [0, 0.1) is 0 Å². The van der Waals surface area contributed by atoms with Gasteiger partial charge >= 0.3 is 5.97 Å². The molecule has 0 bridgehead atoms. The van der Waals surface area contributed by atoms with Crippen LogP contribution in [0.5, 0.6) is 5.75 Å². The van der Waals surface area contributed by atoms with Crippen molar-refractivity contribution in [3.8, 4) is 16.2 Å². The first-order valence-electron chi connectivity index (χ1n) is 9.11. The topological polar surface area (TPSA) is 55.8 Å². The number of ether oxygens (including phenoxy) is 2. The van der Waals surface area contributed by atoms with Gasteiger partial charge in [-0.25, -0.2) is 4.79 Å². The van der Waals surface area contributed by atoms with Crippen LogP contribution >= 0.6 is 11.3 Å². The van der Waals surface area contributed by atoms with Crippen molar-refractivity contribution in [2.24, 2.45) is 0 Å². The van der Waals surface area contributed by atoms with E-state index in [1.165, 1.54) is 11.3 Å². The maximum Gasteiger partial charge on any atom is 0.348 e. The fourth-order valence-electron chi connectivity index (χ4n) is 3.67. The first kappa shape index (κ1) is 17.0. The Kier molecular flexibility index (Phi) is 4.13. The summed E-state index contributed by atoms with van der Waals surface area (Å²) in [5.41, 5.74) is 4.00. The molecule has 140 valence electrons. The molecule has 0 saturated heterocycles. The lowest BCUT2D eigenvalue weighted by molar-refractivity contribution is -0.121. The van der Waals surface area contributed by atoms with Gasteiger partial charge in [-0.1, -0.05) is 30.3 Å². The summed E-state index contributed by atoms with van der Waals surface area (Å²) in [5, 5.41) is 0. The molecule has 3 heterocycles. The summed E-state index contributed by atoms with van der Waals surface area (Å²) < 4.78 is 11.1. The van der Waals surface area contributed by atoms with Crippen molar-refractivity contribution in [1.82, 2.24) is 0 Å². The molecule has 1 aromatic heterocycles. The molecule has 3 aromatic rings. The highest BCUT2D eigenvalue weighted by Gasteiger charge is 2.26. The van der Waals surface area contributed by atoms with Gasteiger partial charge in [0.2, 0.25) is 0 Å². The molecule has 0 radical (unpaired) electrons. The Labute approximate surface area is 166 Å². The van der Waals surface area contributed by atoms with Crippen LogP contribution in [0.2, 0.25) is 0 Å². The van der Waals surface area contributed by atoms with Gasteiger partial charge in [0.05, 0.1) is 0 Å². The molecule has 0 atom stereocenters. The number of nitrogens with zero attached hydrogens (tertiary/aromatic N) is 1. The molecule has 0 aliphatic carbocycles. The molecular formula is C22H17NO4S. The van der Waals surface area contributed by atoms with E-state index in [1.807, 2.05) is 48.5 Å². The van der Waals surface area contributed by atoms with Crippen LogP contribution in [-0.2, 0) is 22.6 Å². The van der Waals surface area contributed by atoms with Gasteiger partial charge in [-0.05, 0) is 36.2 Å². The lowest BCUT2D eigenvalue weighted by Crippen LogP contribution is -2.33. The normalized spacial score (nSPS) is 13.9.